The molecule has 0 spiro atoms. The Morgan fingerprint density at radius 1 is 1.00 bits per heavy atom. The van der Waals surface area contributed by atoms with E-state index in [1.165, 1.54) is 0 Å². The summed E-state index contributed by atoms with van der Waals surface area (Å²) in [5, 5.41) is 6.91. The summed E-state index contributed by atoms with van der Waals surface area (Å²) < 4.78 is 18.3. The molecular formula is C23H22N4O4. The fraction of sp³-hybridized carbons (Fsp3) is 0.174. The highest BCUT2D eigenvalue weighted by Gasteiger charge is 2.14. The molecule has 0 bridgehead atoms. The van der Waals surface area contributed by atoms with Crippen molar-refractivity contribution in [2.75, 3.05) is 11.9 Å². The Bertz CT molecular complexity index is 1120. The number of amides is 1. The van der Waals surface area contributed by atoms with Gasteiger partial charge in [0.15, 0.2) is 5.76 Å². The van der Waals surface area contributed by atoms with Crippen LogP contribution in [0.3, 0.4) is 0 Å². The molecule has 0 aliphatic rings. The first-order chi connectivity index (χ1) is 15.2. The van der Waals surface area contributed by atoms with E-state index in [-0.39, 0.29) is 18.3 Å². The average Bonchev–Trinajstić information content (AvgIpc) is 3.44. The van der Waals surface area contributed by atoms with Crippen molar-refractivity contribution in [2.45, 2.75) is 20.1 Å². The molecule has 0 fully saturated rings. The second-order valence-corrected chi connectivity index (χ2v) is 6.66. The number of furan rings is 1. The lowest BCUT2D eigenvalue weighted by Gasteiger charge is -2.06. The molecule has 0 atom stereocenters. The van der Waals surface area contributed by atoms with Crippen LogP contribution in [0.15, 0.2) is 77.5 Å². The number of hydrogen-bond acceptors (Lipinski definition) is 6. The topological polar surface area (TPSA) is 91.4 Å². The van der Waals surface area contributed by atoms with Crippen molar-refractivity contribution in [3.05, 3.63) is 90.1 Å². The number of rotatable bonds is 9. The monoisotopic (exact) mass is 418 g/mol. The molecule has 0 aliphatic carbocycles. The molecular weight excluding hydrogens is 396 g/mol. The maximum absolute atomic E-state index is 12.4. The Morgan fingerprint density at radius 3 is 2.48 bits per heavy atom. The van der Waals surface area contributed by atoms with Gasteiger partial charge in [0.1, 0.15) is 30.2 Å². The van der Waals surface area contributed by atoms with Gasteiger partial charge in [-0.1, -0.05) is 30.3 Å². The molecule has 0 aliphatic heterocycles. The second kappa shape index (κ2) is 9.62. The fourth-order valence-electron chi connectivity index (χ4n) is 2.89. The van der Waals surface area contributed by atoms with Crippen LogP contribution in [-0.4, -0.2) is 27.3 Å². The standard InChI is InChI=1S/C23H22N4O4/c1-2-29-18-8-10-19(11-9-18)30-15-20-12-13-21(31-20)22(28)25-23-24-16-27(26-23)14-17-6-4-3-5-7-17/h3-13,16H,2,14-15H2,1H3,(H,25,26,28). The molecule has 2 heterocycles. The van der Waals surface area contributed by atoms with E-state index >= 15 is 0 Å². The molecule has 8 nitrogen and oxygen atoms in total. The van der Waals surface area contributed by atoms with E-state index in [0.29, 0.717) is 24.7 Å². The van der Waals surface area contributed by atoms with Crippen LogP contribution in [0.4, 0.5) is 5.95 Å². The van der Waals surface area contributed by atoms with Crippen molar-refractivity contribution in [3.8, 4) is 11.5 Å². The summed E-state index contributed by atoms with van der Waals surface area (Å²) in [5.74, 6) is 1.94. The van der Waals surface area contributed by atoms with Crippen LogP contribution < -0.4 is 14.8 Å². The number of nitrogens with one attached hydrogen (secondary N) is 1. The molecule has 158 valence electrons. The first-order valence-electron chi connectivity index (χ1n) is 9.88. The molecule has 31 heavy (non-hydrogen) atoms. The van der Waals surface area contributed by atoms with Crippen LogP contribution in [0.1, 0.15) is 28.8 Å². The van der Waals surface area contributed by atoms with Gasteiger partial charge in [0, 0.05) is 0 Å². The molecule has 0 saturated carbocycles. The normalized spacial score (nSPS) is 10.6. The van der Waals surface area contributed by atoms with Gasteiger partial charge in [-0.25, -0.2) is 9.67 Å². The van der Waals surface area contributed by atoms with Crippen molar-refractivity contribution in [1.29, 1.82) is 0 Å². The number of benzene rings is 2. The molecule has 4 rings (SSSR count). The van der Waals surface area contributed by atoms with Crippen molar-refractivity contribution in [2.24, 2.45) is 0 Å². The summed E-state index contributed by atoms with van der Waals surface area (Å²) in [6, 6.07) is 20.5. The van der Waals surface area contributed by atoms with Gasteiger partial charge in [-0.2, -0.15) is 0 Å². The number of carbonyl (C=O) groups excluding carboxylic acids is 1. The fourth-order valence-corrected chi connectivity index (χ4v) is 2.89. The van der Waals surface area contributed by atoms with Crippen LogP contribution in [-0.2, 0) is 13.2 Å². The zero-order valence-corrected chi connectivity index (χ0v) is 17.0. The Morgan fingerprint density at radius 2 is 1.74 bits per heavy atom. The minimum absolute atomic E-state index is 0.157. The van der Waals surface area contributed by atoms with Gasteiger partial charge < -0.3 is 13.9 Å². The molecule has 0 radical (unpaired) electrons. The van der Waals surface area contributed by atoms with E-state index in [1.54, 1.807) is 23.1 Å². The number of aromatic nitrogens is 3. The van der Waals surface area contributed by atoms with Crippen molar-refractivity contribution < 1.29 is 18.7 Å². The van der Waals surface area contributed by atoms with Crippen molar-refractivity contribution >= 4 is 11.9 Å². The molecule has 0 unspecified atom stereocenters. The highest BCUT2D eigenvalue weighted by atomic mass is 16.5. The number of hydrogen-bond donors (Lipinski definition) is 1. The van der Waals surface area contributed by atoms with Crippen LogP contribution in [0.5, 0.6) is 11.5 Å². The van der Waals surface area contributed by atoms with Crippen molar-refractivity contribution in [1.82, 2.24) is 14.8 Å². The van der Waals surface area contributed by atoms with Gasteiger partial charge in [0.2, 0.25) is 5.95 Å². The number of nitrogens with zero attached hydrogens (tertiary/aromatic N) is 3. The predicted octanol–water partition coefficient (Wildman–Crippen LogP) is 4.15. The minimum atomic E-state index is -0.426. The van der Waals surface area contributed by atoms with E-state index < -0.39 is 5.91 Å². The first-order valence-corrected chi connectivity index (χ1v) is 9.88. The Labute approximate surface area is 179 Å². The van der Waals surface area contributed by atoms with E-state index in [9.17, 15) is 4.79 Å². The maximum atomic E-state index is 12.4. The van der Waals surface area contributed by atoms with Gasteiger partial charge in [-0.05, 0) is 48.9 Å². The maximum Gasteiger partial charge on any atom is 0.293 e. The smallest absolute Gasteiger partial charge is 0.293 e. The molecule has 4 aromatic rings. The minimum Gasteiger partial charge on any atom is -0.494 e. The molecule has 1 amide bonds. The van der Waals surface area contributed by atoms with Crippen LogP contribution in [0.2, 0.25) is 0 Å². The summed E-state index contributed by atoms with van der Waals surface area (Å²) in [6.07, 6.45) is 1.57. The van der Waals surface area contributed by atoms with Gasteiger partial charge in [-0.15, -0.1) is 5.10 Å². The highest BCUT2D eigenvalue weighted by molar-refractivity contribution is 6.01. The van der Waals surface area contributed by atoms with Crippen LogP contribution in [0, 0.1) is 0 Å². The number of anilines is 1. The Hall–Kier alpha value is -4.07. The first kappa shape index (κ1) is 20.2. The summed E-state index contributed by atoms with van der Waals surface area (Å²) in [5.41, 5.74) is 1.09. The van der Waals surface area contributed by atoms with Gasteiger partial charge in [0.05, 0.1) is 13.2 Å². The van der Waals surface area contributed by atoms with Crippen LogP contribution in [0.25, 0.3) is 0 Å². The Balaban J connectivity index is 1.30. The summed E-state index contributed by atoms with van der Waals surface area (Å²) in [4.78, 5) is 16.5. The summed E-state index contributed by atoms with van der Waals surface area (Å²) in [6.45, 7) is 3.31. The van der Waals surface area contributed by atoms with Gasteiger partial charge in [0.25, 0.3) is 5.91 Å². The lowest BCUT2D eigenvalue weighted by atomic mass is 10.2. The highest BCUT2D eigenvalue weighted by Crippen LogP contribution is 2.19. The third kappa shape index (κ3) is 5.51. The molecule has 2 aromatic heterocycles. The third-order valence-electron chi connectivity index (χ3n) is 4.35. The SMILES string of the molecule is CCOc1ccc(OCc2ccc(C(=O)Nc3ncn(Cc4ccccc4)n3)o2)cc1. The van der Waals surface area contributed by atoms with E-state index in [1.807, 2.05) is 61.5 Å². The van der Waals surface area contributed by atoms with E-state index in [0.717, 1.165) is 11.3 Å². The molecule has 1 N–H and O–H groups in total. The van der Waals surface area contributed by atoms with Crippen molar-refractivity contribution in [3.63, 3.8) is 0 Å². The number of carbonyl (C=O) groups is 1. The molecule has 0 saturated heterocycles. The number of ether oxygens (including phenoxy) is 2. The quantitative estimate of drug-likeness (QED) is 0.439. The average molecular weight is 418 g/mol. The van der Waals surface area contributed by atoms with E-state index in [4.69, 9.17) is 13.9 Å². The predicted molar refractivity (Wildman–Crippen MR) is 114 cm³/mol. The third-order valence-corrected chi connectivity index (χ3v) is 4.35. The largest absolute Gasteiger partial charge is 0.494 e. The van der Waals surface area contributed by atoms with Gasteiger partial charge >= 0.3 is 0 Å². The lowest BCUT2D eigenvalue weighted by molar-refractivity contribution is 0.0991. The zero-order valence-electron chi connectivity index (χ0n) is 17.0. The second-order valence-electron chi connectivity index (χ2n) is 6.66. The lowest BCUT2D eigenvalue weighted by Crippen LogP contribution is -2.12. The van der Waals surface area contributed by atoms with Gasteiger partial charge in [-0.3, -0.25) is 10.1 Å². The zero-order chi connectivity index (χ0) is 21.5. The van der Waals surface area contributed by atoms with E-state index in [2.05, 4.69) is 15.4 Å². The summed E-state index contributed by atoms with van der Waals surface area (Å²) >= 11 is 0. The Kier molecular flexibility index (Phi) is 6.27. The summed E-state index contributed by atoms with van der Waals surface area (Å²) in [7, 11) is 0. The molecule has 8 heteroatoms. The molecule has 2 aromatic carbocycles. The van der Waals surface area contributed by atoms with Crippen LogP contribution >= 0.6 is 0 Å².